The molecule has 0 saturated carbocycles. The zero-order valence-corrected chi connectivity index (χ0v) is 14.9. The molecule has 4 heterocycles. The largest absolute Gasteiger partial charge is 0.337 e. The van der Waals surface area contributed by atoms with Gasteiger partial charge in [0, 0.05) is 31.3 Å². The second-order valence-electron chi connectivity index (χ2n) is 6.30. The molecule has 1 aliphatic rings. The Kier molecular flexibility index (Phi) is 4.62. The summed E-state index contributed by atoms with van der Waals surface area (Å²) in [7, 11) is 0. The van der Waals surface area contributed by atoms with E-state index in [1.54, 1.807) is 34.6 Å². The molecule has 0 bridgehead atoms. The molecule has 0 aliphatic carbocycles. The lowest BCUT2D eigenvalue weighted by Crippen LogP contribution is -2.40. The SMILES string of the molecule is O=C(c1ccccn1)N1CCCC(c2nc(-c3cccs3)cc(=O)[nH]2)C1. The molecule has 1 N–H and O–H groups in total. The number of carbonyl (C=O) groups is 1. The Hall–Kier alpha value is -2.80. The van der Waals surface area contributed by atoms with E-state index in [4.69, 9.17) is 0 Å². The fourth-order valence-electron chi connectivity index (χ4n) is 3.26. The van der Waals surface area contributed by atoms with Gasteiger partial charge >= 0.3 is 0 Å². The molecule has 0 spiro atoms. The number of nitrogens with zero attached hydrogens (tertiary/aromatic N) is 3. The molecule has 26 heavy (non-hydrogen) atoms. The van der Waals surface area contributed by atoms with Crippen LogP contribution in [0.15, 0.2) is 52.8 Å². The van der Waals surface area contributed by atoms with E-state index < -0.39 is 0 Å². The van der Waals surface area contributed by atoms with Crippen LogP contribution in [0.2, 0.25) is 0 Å². The number of thiophene rings is 1. The van der Waals surface area contributed by atoms with E-state index in [9.17, 15) is 9.59 Å². The average molecular weight is 366 g/mol. The van der Waals surface area contributed by atoms with Crippen molar-refractivity contribution in [2.24, 2.45) is 0 Å². The summed E-state index contributed by atoms with van der Waals surface area (Å²) in [4.78, 5) is 39.2. The molecule has 0 aromatic carbocycles. The van der Waals surface area contributed by atoms with Crippen molar-refractivity contribution in [3.63, 3.8) is 0 Å². The molecular weight excluding hydrogens is 348 g/mol. The number of amides is 1. The minimum absolute atomic E-state index is 0.0176. The zero-order chi connectivity index (χ0) is 17.9. The van der Waals surface area contributed by atoms with Crippen LogP contribution in [-0.4, -0.2) is 38.8 Å². The number of H-pyrrole nitrogens is 1. The highest BCUT2D eigenvalue weighted by molar-refractivity contribution is 7.13. The number of nitrogens with one attached hydrogen (secondary N) is 1. The molecule has 7 heteroatoms. The van der Waals surface area contributed by atoms with Gasteiger partial charge in [-0.1, -0.05) is 12.1 Å². The topological polar surface area (TPSA) is 79.0 Å². The molecule has 6 nitrogen and oxygen atoms in total. The molecule has 0 radical (unpaired) electrons. The van der Waals surface area contributed by atoms with E-state index in [-0.39, 0.29) is 17.4 Å². The number of rotatable bonds is 3. The highest BCUT2D eigenvalue weighted by atomic mass is 32.1. The van der Waals surface area contributed by atoms with Crippen LogP contribution in [0, 0.1) is 0 Å². The van der Waals surface area contributed by atoms with E-state index >= 15 is 0 Å². The third kappa shape index (κ3) is 3.43. The van der Waals surface area contributed by atoms with Crippen molar-refractivity contribution < 1.29 is 4.79 Å². The lowest BCUT2D eigenvalue weighted by atomic mass is 9.96. The predicted octanol–water partition coefficient (Wildman–Crippen LogP) is 2.91. The molecule has 132 valence electrons. The van der Waals surface area contributed by atoms with Gasteiger partial charge in [0.2, 0.25) is 0 Å². The fourth-order valence-corrected chi connectivity index (χ4v) is 3.94. The number of likely N-dealkylation sites (tertiary alicyclic amines) is 1. The lowest BCUT2D eigenvalue weighted by molar-refractivity contribution is 0.0698. The van der Waals surface area contributed by atoms with Crippen molar-refractivity contribution in [3.05, 3.63) is 69.8 Å². The molecule has 1 amide bonds. The van der Waals surface area contributed by atoms with Crippen molar-refractivity contribution in [2.45, 2.75) is 18.8 Å². The number of hydrogen-bond donors (Lipinski definition) is 1. The Bertz CT molecular complexity index is 953. The van der Waals surface area contributed by atoms with Crippen LogP contribution in [-0.2, 0) is 0 Å². The normalized spacial score (nSPS) is 17.2. The molecule has 1 saturated heterocycles. The van der Waals surface area contributed by atoms with Gasteiger partial charge in [0.05, 0.1) is 10.6 Å². The van der Waals surface area contributed by atoms with Gasteiger partial charge in [-0.2, -0.15) is 0 Å². The maximum Gasteiger partial charge on any atom is 0.272 e. The van der Waals surface area contributed by atoms with E-state index in [1.165, 1.54) is 6.07 Å². The smallest absolute Gasteiger partial charge is 0.272 e. The Balaban J connectivity index is 1.58. The highest BCUT2D eigenvalue weighted by Gasteiger charge is 2.27. The molecule has 1 fully saturated rings. The third-order valence-electron chi connectivity index (χ3n) is 4.51. The molecule has 3 aromatic heterocycles. The summed E-state index contributed by atoms with van der Waals surface area (Å²) in [6.45, 7) is 1.23. The Morgan fingerprint density at radius 2 is 2.19 bits per heavy atom. The van der Waals surface area contributed by atoms with Crippen molar-refractivity contribution in [3.8, 4) is 10.6 Å². The molecule has 1 atom stereocenters. The first kappa shape index (κ1) is 16.7. The molecule has 1 aliphatic heterocycles. The number of piperidine rings is 1. The summed E-state index contributed by atoms with van der Waals surface area (Å²) < 4.78 is 0. The predicted molar refractivity (Wildman–Crippen MR) is 100 cm³/mol. The highest BCUT2D eigenvalue weighted by Crippen LogP contribution is 2.27. The summed E-state index contributed by atoms with van der Waals surface area (Å²) in [5.41, 5.74) is 0.973. The minimum atomic E-state index is -0.161. The monoisotopic (exact) mass is 366 g/mol. The first-order valence-electron chi connectivity index (χ1n) is 8.56. The summed E-state index contributed by atoms with van der Waals surface area (Å²) in [6, 6.07) is 10.7. The van der Waals surface area contributed by atoms with E-state index in [1.807, 2.05) is 23.6 Å². The van der Waals surface area contributed by atoms with Crippen LogP contribution in [0.25, 0.3) is 10.6 Å². The first-order chi connectivity index (χ1) is 12.7. The second-order valence-corrected chi connectivity index (χ2v) is 7.25. The summed E-state index contributed by atoms with van der Waals surface area (Å²) in [5, 5.41) is 1.96. The molecule has 1 unspecified atom stereocenters. The average Bonchev–Trinajstić information content (AvgIpc) is 3.23. The number of carbonyl (C=O) groups excluding carboxylic acids is 1. The standard InChI is InChI=1S/C19H18N4O2S/c24-17-11-15(16-7-4-10-26-16)21-18(22-17)13-5-3-9-23(12-13)19(25)14-6-1-2-8-20-14/h1-2,4,6-8,10-11,13H,3,5,9,12H2,(H,21,22,24). The minimum Gasteiger partial charge on any atom is -0.337 e. The van der Waals surface area contributed by atoms with Gasteiger partial charge in [-0.3, -0.25) is 14.6 Å². The van der Waals surface area contributed by atoms with Crippen LogP contribution in [0.4, 0.5) is 0 Å². The van der Waals surface area contributed by atoms with Gasteiger partial charge in [0.1, 0.15) is 11.5 Å². The number of hydrogen-bond acceptors (Lipinski definition) is 5. The van der Waals surface area contributed by atoms with Gasteiger partial charge < -0.3 is 9.88 Å². The Labute approximate surface area is 154 Å². The van der Waals surface area contributed by atoms with E-state index in [2.05, 4.69) is 15.0 Å². The number of aromatic amines is 1. The molecule has 3 aromatic rings. The van der Waals surface area contributed by atoms with Gasteiger partial charge in [-0.05, 0) is 36.4 Å². The zero-order valence-electron chi connectivity index (χ0n) is 14.1. The van der Waals surface area contributed by atoms with Crippen molar-refractivity contribution in [1.82, 2.24) is 19.9 Å². The van der Waals surface area contributed by atoms with Crippen LogP contribution in [0.5, 0.6) is 0 Å². The first-order valence-corrected chi connectivity index (χ1v) is 9.44. The Morgan fingerprint density at radius 3 is 2.96 bits per heavy atom. The maximum atomic E-state index is 12.7. The number of pyridine rings is 1. The van der Waals surface area contributed by atoms with Crippen LogP contribution >= 0.6 is 11.3 Å². The summed E-state index contributed by atoms with van der Waals surface area (Å²) in [5.74, 6) is 0.593. The van der Waals surface area contributed by atoms with Crippen molar-refractivity contribution in [1.29, 1.82) is 0 Å². The fraction of sp³-hybridized carbons (Fsp3) is 0.263. The van der Waals surface area contributed by atoms with Gasteiger partial charge in [0.15, 0.2) is 0 Å². The van der Waals surface area contributed by atoms with Crippen LogP contribution in [0.3, 0.4) is 0 Å². The summed E-state index contributed by atoms with van der Waals surface area (Å²) >= 11 is 1.55. The van der Waals surface area contributed by atoms with Gasteiger partial charge in [-0.15, -0.1) is 11.3 Å². The van der Waals surface area contributed by atoms with E-state index in [0.29, 0.717) is 30.3 Å². The number of aromatic nitrogens is 3. The van der Waals surface area contributed by atoms with Gasteiger partial charge in [0.25, 0.3) is 11.5 Å². The quantitative estimate of drug-likeness (QED) is 0.773. The second kappa shape index (κ2) is 7.21. The van der Waals surface area contributed by atoms with Crippen molar-refractivity contribution in [2.75, 3.05) is 13.1 Å². The lowest BCUT2D eigenvalue weighted by Gasteiger charge is -2.32. The molecule has 4 rings (SSSR count). The van der Waals surface area contributed by atoms with Crippen molar-refractivity contribution >= 4 is 17.2 Å². The van der Waals surface area contributed by atoms with Crippen LogP contribution in [0.1, 0.15) is 35.1 Å². The van der Waals surface area contributed by atoms with E-state index in [0.717, 1.165) is 17.7 Å². The van der Waals surface area contributed by atoms with Crippen LogP contribution < -0.4 is 5.56 Å². The third-order valence-corrected chi connectivity index (χ3v) is 5.41. The molecular formula is C19H18N4O2S. The summed E-state index contributed by atoms with van der Waals surface area (Å²) in [6.07, 6.45) is 3.39. The van der Waals surface area contributed by atoms with Gasteiger partial charge in [-0.25, -0.2) is 4.98 Å². The maximum absolute atomic E-state index is 12.7. The Morgan fingerprint density at radius 1 is 1.27 bits per heavy atom.